The summed E-state index contributed by atoms with van der Waals surface area (Å²) >= 11 is 0. The quantitative estimate of drug-likeness (QED) is 0.367. The van der Waals surface area contributed by atoms with Gasteiger partial charge in [-0.3, -0.25) is 9.59 Å². The maximum Gasteiger partial charge on any atom is 0.306 e. The minimum Gasteiger partial charge on any atom is -0.462 e. The van der Waals surface area contributed by atoms with Crippen molar-refractivity contribution >= 4 is 11.8 Å². The number of esters is 1. The summed E-state index contributed by atoms with van der Waals surface area (Å²) in [5, 5.41) is 0. The van der Waals surface area contributed by atoms with Gasteiger partial charge < -0.3 is 4.74 Å². The highest BCUT2D eigenvalue weighted by Gasteiger charge is 2.57. The second kappa shape index (κ2) is 8.94. The van der Waals surface area contributed by atoms with Gasteiger partial charge in [-0.1, -0.05) is 45.1 Å². The monoisotopic (exact) mass is 400 g/mol. The summed E-state index contributed by atoms with van der Waals surface area (Å²) in [7, 11) is 0. The first-order valence-electron chi connectivity index (χ1n) is 12.5. The number of hydrogen-bond acceptors (Lipinski definition) is 3. The van der Waals surface area contributed by atoms with Crippen molar-refractivity contribution in [2.75, 3.05) is 0 Å². The molecule has 6 atom stereocenters. The van der Waals surface area contributed by atoms with Crippen molar-refractivity contribution < 1.29 is 14.3 Å². The first kappa shape index (κ1) is 21.1. The Balaban J connectivity index is 1.35. The third kappa shape index (κ3) is 4.21. The fourth-order valence-corrected chi connectivity index (χ4v) is 7.42. The smallest absolute Gasteiger partial charge is 0.306 e. The number of fused-ring (bicyclic) bond motifs is 5. The number of hydrogen-bond donors (Lipinski definition) is 0. The molecule has 4 rings (SSSR count). The highest BCUT2D eigenvalue weighted by molar-refractivity contribution is 5.91. The zero-order valence-electron chi connectivity index (χ0n) is 18.6. The van der Waals surface area contributed by atoms with Gasteiger partial charge >= 0.3 is 5.97 Å². The maximum absolute atomic E-state index is 12.5. The van der Waals surface area contributed by atoms with Crippen LogP contribution in [0.2, 0.25) is 0 Å². The van der Waals surface area contributed by atoms with Gasteiger partial charge in [-0.15, -0.1) is 0 Å². The van der Waals surface area contributed by atoms with Gasteiger partial charge in [0.05, 0.1) is 0 Å². The molecule has 3 saturated carbocycles. The Bertz CT molecular complexity index is 650. The molecule has 0 radical (unpaired) electrons. The Labute approximate surface area is 177 Å². The number of allylic oxidation sites excluding steroid dienone is 1. The topological polar surface area (TPSA) is 43.4 Å². The number of carbonyl (C=O) groups excluding carboxylic acids is 2. The lowest BCUT2D eigenvalue weighted by molar-refractivity contribution is -0.159. The van der Waals surface area contributed by atoms with Gasteiger partial charge in [0.2, 0.25) is 0 Å². The zero-order valence-corrected chi connectivity index (χ0v) is 18.6. The fourth-order valence-electron chi connectivity index (χ4n) is 7.42. The average molecular weight is 401 g/mol. The van der Waals surface area contributed by atoms with E-state index in [9.17, 15) is 9.59 Å². The van der Waals surface area contributed by atoms with E-state index in [4.69, 9.17) is 4.74 Å². The van der Waals surface area contributed by atoms with E-state index in [2.05, 4.69) is 13.8 Å². The molecule has 29 heavy (non-hydrogen) atoms. The molecule has 4 aliphatic carbocycles. The lowest BCUT2D eigenvalue weighted by atomic mass is 9.52. The average Bonchev–Trinajstić information content (AvgIpc) is 3.03. The molecule has 0 saturated heterocycles. The Morgan fingerprint density at radius 1 is 1.03 bits per heavy atom. The molecule has 3 fully saturated rings. The molecule has 0 aliphatic heterocycles. The summed E-state index contributed by atoms with van der Waals surface area (Å²) in [5.74, 6) is 3.26. The van der Waals surface area contributed by atoms with Crippen molar-refractivity contribution in [1.29, 1.82) is 0 Å². The number of carbonyl (C=O) groups is 2. The van der Waals surface area contributed by atoms with Crippen molar-refractivity contribution in [2.24, 2.45) is 29.1 Å². The van der Waals surface area contributed by atoms with Crippen LogP contribution < -0.4 is 0 Å². The van der Waals surface area contributed by atoms with Crippen LogP contribution >= 0.6 is 0 Å². The van der Waals surface area contributed by atoms with Crippen LogP contribution in [0.25, 0.3) is 0 Å². The molecule has 0 unspecified atom stereocenters. The third-order valence-electron chi connectivity index (χ3n) is 8.97. The number of unbranched alkanes of at least 4 members (excludes halogenated alkanes) is 4. The molecule has 162 valence electrons. The molecule has 0 spiro atoms. The summed E-state index contributed by atoms with van der Waals surface area (Å²) in [6.07, 6.45) is 17.5. The molecule has 0 aromatic rings. The van der Waals surface area contributed by atoms with E-state index in [1.807, 2.05) is 6.08 Å². The van der Waals surface area contributed by atoms with Crippen LogP contribution in [-0.2, 0) is 14.3 Å². The molecule has 0 aromatic heterocycles. The molecular formula is C26H40O3. The maximum atomic E-state index is 12.5. The van der Waals surface area contributed by atoms with Crippen LogP contribution in [0.3, 0.4) is 0 Å². The van der Waals surface area contributed by atoms with Gasteiger partial charge in [0, 0.05) is 18.3 Å². The standard InChI is InChI=1S/C26H40O3/c1-3-4-5-6-7-8-25(28)29-24-14-13-23-22-11-9-18-17-19(27)10-12-20(18)21(22)15-16-26(23,24)2/h17,20-24H,3-16H2,1-2H3/t20-,21+,22+,23-,24-,26-/m0/s1. The second-order valence-electron chi connectivity index (χ2n) is 10.6. The van der Waals surface area contributed by atoms with Gasteiger partial charge in [-0.05, 0) is 81.1 Å². The largest absolute Gasteiger partial charge is 0.462 e. The summed E-state index contributed by atoms with van der Waals surface area (Å²) in [4.78, 5) is 24.3. The Kier molecular flexibility index (Phi) is 6.51. The van der Waals surface area contributed by atoms with Gasteiger partial charge in [0.15, 0.2) is 5.78 Å². The molecule has 3 heteroatoms. The molecule has 4 aliphatic rings. The Morgan fingerprint density at radius 3 is 2.69 bits per heavy atom. The normalized spacial score (nSPS) is 38.6. The number of ether oxygens (including phenoxy) is 1. The van der Waals surface area contributed by atoms with Gasteiger partial charge in [0.1, 0.15) is 6.10 Å². The van der Waals surface area contributed by atoms with Crippen molar-refractivity contribution in [3.05, 3.63) is 11.6 Å². The summed E-state index contributed by atoms with van der Waals surface area (Å²) in [6, 6.07) is 0. The lowest BCUT2D eigenvalue weighted by Crippen LogP contribution is -2.48. The highest BCUT2D eigenvalue weighted by Crippen LogP contribution is 2.62. The molecule has 3 nitrogen and oxygen atoms in total. The van der Waals surface area contributed by atoms with E-state index in [1.165, 1.54) is 50.5 Å². The molecule has 0 aromatic carbocycles. The van der Waals surface area contributed by atoms with Gasteiger partial charge in [-0.2, -0.15) is 0 Å². The van der Waals surface area contributed by atoms with E-state index in [0.29, 0.717) is 24.0 Å². The molecule has 0 amide bonds. The lowest BCUT2D eigenvalue weighted by Gasteiger charge is -2.53. The fraction of sp³-hybridized carbons (Fsp3) is 0.846. The Hall–Kier alpha value is -1.12. The minimum atomic E-state index is 0.0372. The van der Waals surface area contributed by atoms with Crippen LogP contribution in [0.4, 0.5) is 0 Å². The van der Waals surface area contributed by atoms with Crippen LogP contribution in [0.15, 0.2) is 11.6 Å². The number of ketones is 1. The second-order valence-corrected chi connectivity index (χ2v) is 10.6. The minimum absolute atomic E-state index is 0.0372. The molecule has 0 heterocycles. The van der Waals surface area contributed by atoms with Crippen LogP contribution in [0.1, 0.15) is 104 Å². The summed E-state index contributed by atoms with van der Waals surface area (Å²) in [6.45, 7) is 4.63. The highest BCUT2D eigenvalue weighted by atomic mass is 16.5. The predicted octanol–water partition coefficient (Wildman–Crippen LogP) is 6.40. The molecule has 0 bridgehead atoms. The van der Waals surface area contributed by atoms with Crippen molar-refractivity contribution in [1.82, 2.24) is 0 Å². The van der Waals surface area contributed by atoms with E-state index in [-0.39, 0.29) is 17.5 Å². The van der Waals surface area contributed by atoms with Crippen molar-refractivity contribution in [3.63, 3.8) is 0 Å². The first-order chi connectivity index (χ1) is 14.0. The molecule has 0 N–H and O–H groups in total. The van der Waals surface area contributed by atoms with E-state index < -0.39 is 0 Å². The van der Waals surface area contributed by atoms with Crippen LogP contribution in [0, 0.1) is 29.1 Å². The third-order valence-corrected chi connectivity index (χ3v) is 8.97. The van der Waals surface area contributed by atoms with Crippen LogP contribution in [0.5, 0.6) is 0 Å². The summed E-state index contributed by atoms with van der Waals surface area (Å²) < 4.78 is 6.10. The predicted molar refractivity (Wildman–Crippen MR) is 115 cm³/mol. The van der Waals surface area contributed by atoms with E-state index >= 15 is 0 Å². The van der Waals surface area contributed by atoms with Crippen molar-refractivity contribution in [2.45, 2.75) is 110 Å². The van der Waals surface area contributed by atoms with Crippen molar-refractivity contribution in [3.8, 4) is 0 Å². The van der Waals surface area contributed by atoms with E-state index in [1.54, 1.807) is 0 Å². The summed E-state index contributed by atoms with van der Waals surface area (Å²) in [5.41, 5.74) is 1.63. The number of rotatable bonds is 7. The van der Waals surface area contributed by atoms with Gasteiger partial charge in [-0.25, -0.2) is 0 Å². The first-order valence-corrected chi connectivity index (χ1v) is 12.5. The zero-order chi connectivity index (χ0) is 20.4. The van der Waals surface area contributed by atoms with E-state index in [0.717, 1.165) is 50.4 Å². The van der Waals surface area contributed by atoms with Gasteiger partial charge in [0.25, 0.3) is 0 Å². The van der Waals surface area contributed by atoms with Crippen LogP contribution in [-0.4, -0.2) is 17.9 Å². The Morgan fingerprint density at radius 2 is 1.86 bits per heavy atom. The molecular weight excluding hydrogens is 360 g/mol. The SMILES string of the molecule is CCCCCCCC(=O)O[C@H]1CC[C@H]2[C@@H]3CCC4=CC(=O)CC[C@@H]4[C@H]3CC[C@]12C.